The highest BCUT2D eigenvalue weighted by molar-refractivity contribution is 4.81. The van der Waals surface area contributed by atoms with Crippen LogP contribution in [0.5, 0.6) is 0 Å². The summed E-state index contributed by atoms with van der Waals surface area (Å²) < 4.78 is 0. The van der Waals surface area contributed by atoms with Gasteiger partial charge in [0.15, 0.2) is 0 Å². The summed E-state index contributed by atoms with van der Waals surface area (Å²) in [6.45, 7) is 6.96. The molecule has 19 heavy (non-hydrogen) atoms. The first kappa shape index (κ1) is 18.7. The van der Waals surface area contributed by atoms with Crippen molar-refractivity contribution < 1.29 is 0 Å². The van der Waals surface area contributed by atoms with Gasteiger partial charge in [0.2, 0.25) is 0 Å². The molecule has 0 aliphatic carbocycles. The highest BCUT2D eigenvalue weighted by atomic mass is 14.0. The van der Waals surface area contributed by atoms with Crippen LogP contribution in [0.1, 0.15) is 104 Å². The van der Waals surface area contributed by atoms with E-state index < -0.39 is 0 Å². The van der Waals surface area contributed by atoms with Gasteiger partial charge in [-0.1, -0.05) is 90.7 Å². The molecule has 114 valence electrons. The molecule has 0 aromatic rings. The second-order valence-electron chi connectivity index (χ2n) is 6.21. The number of rotatable bonds is 14. The van der Waals surface area contributed by atoms with Crippen LogP contribution < -0.4 is 0 Å². The summed E-state index contributed by atoms with van der Waals surface area (Å²) in [7, 11) is 0. The van der Waals surface area contributed by atoms with Crippen molar-refractivity contribution in [3.63, 3.8) is 0 Å². The molecule has 0 saturated carbocycles. The second-order valence-corrected chi connectivity index (χ2v) is 6.21. The van der Waals surface area contributed by atoms with E-state index in [2.05, 4.69) is 32.9 Å². The van der Waals surface area contributed by atoms with Crippen LogP contribution >= 0.6 is 0 Å². The Morgan fingerprint density at radius 1 is 0.632 bits per heavy atom. The predicted octanol–water partition coefficient (Wildman–Crippen LogP) is 7.29. The molecule has 0 fully saturated rings. The van der Waals surface area contributed by atoms with Gasteiger partial charge in [-0.15, -0.1) is 0 Å². The Bertz CT molecular complexity index is 180. The summed E-state index contributed by atoms with van der Waals surface area (Å²) in [4.78, 5) is 0. The normalized spacial score (nSPS) is 13.2. The summed E-state index contributed by atoms with van der Waals surface area (Å²) in [5, 5.41) is 0. The van der Waals surface area contributed by atoms with E-state index >= 15 is 0 Å². The van der Waals surface area contributed by atoms with Gasteiger partial charge in [0.25, 0.3) is 0 Å². The van der Waals surface area contributed by atoms with Crippen molar-refractivity contribution >= 4 is 0 Å². The van der Waals surface area contributed by atoms with Crippen molar-refractivity contribution in [2.45, 2.75) is 104 Å². The molecule has 0 saturated heterocycles. The summed E-state index contributed by atoms with van der Waals surface area (Å²) in [5.74, 6) is 0.915. The zero-order chi connectivity index (χ0) is 14.2. The van der Waals surface area contributed by atoms with E-state index in [9.17, 15) is 0 Å². The van der Waals surface area contributed by atoms with E-state index in [1.165, 1.54) is 83.5 Å². The van der Waals surface area contributed by atoms with Gasteiger partial charge < -0.3 is 0 Å². The Morgan fingerprint density at radius 2 is 1.21 bits per heavy atom. The maximum Gasteiger partial charge on any atom is -0.0348 e. The highest BCUT2D eigenvalue weighted by Gasteiger charge is 1.97. The number of hydrogen-bond acceptors (Lipinski definition) is 0. The van der Waals surface area contributed by atoms with Crippen molar-refractivity contribution in [2.75, 3.05) is 0 Å². The number of allylic oxidation sites excluding steroid dienone is 2. The SMILES string of the molecule is CCCCCCCCCC/C=C/CCC(C)CCC. The van der Waals surface area contributed by atoms with Gasteiger partial charge in [0.05, 0.1) is 0 Å². The molecule has 1 unspecified atom stereocenters. The molecule has 0 heteroatoms. The summed E-state index contributed by atoms with van der Waals surface area (Å²) in [6, 6.07) is 0. The van der Waals surface area contributed by atoms with E-state index in [1.54, 1.807) is 0 Å². The Kier molecular flexibility index (Phi) is 15.6. The third kappa shape index (κ3) is 15.7. The predicted molar refractivity (Wildman–Crippen MR) is 89.7 cm³/mol. The lowest BCUT2D eigenvalue weighted by Gasteiger charge is -2.06. The minimum Gasteiger partial charge on any atom is -0.0885 e. The molecule has 0 heterocycles. The van der Waals surface area contributed by atoms with E-state index in [4.69, 9.17) is 0 Å². The second kappa shape index (κ2) is 15.8. The Hall–Kier alpha value is -0.260. The van der Waals surface area contributed by atoms with E-state index in [-0.39, 0.29) is 0 Å². The van der Waals surface area contributed by atoms with E-state index in [0.29, 0.717) is 0 Å². The molecular weight excluding hydrogens is 228 g/mol. The Balaban J connectivity index is 3.12. The molecule has 0 spiro atoms. The average Bonchev–Trinajstić information content (AvgIpc) is 2.40. The largest absolute Gasteiger partial charge is 0.0885 e. The lowest BCUT2D eigenvalue weighted by Crippen LogP contribution is -1.91. The zero-order valence-corrected chi connectivity index (χ0v) is 13.9. The molecule has 1 atom stereocenters. The third-order valence-corrected chi connectivity index (χ3v) is 4.00. The first-order valence-corrected chi connectivity index (χ1v) is 8.96. The molecule has 0 amide bonds. The lowest BCUT2D eigenvalue weighted by molar-refractivity contribution is 0.490. The van der Waals surface area contributed by atoms with E-state index in [1.807, 2.05) is 0 Å². The molecule has 0 aromatic heterocycles. The molecule has 0 rings (SSSR count). The minimum absolute atomic E-state index is 0.915. The molecule has 0 aliphatic heterocycles. The van der Waals surface area contributed by atoms with Crippen molar-refractivity contribution in [3.05, 3.63) is 12.2 Å². The average molecular weight is 267 g/mol. The van der Waals surface area contributed by atoms with Crippen LogP contribution in [0.2, 0.25) is 0 Å². The summed E-state index contributed by atoms with van der Waals surface area (Å²) >= 11 is 0. The van der Waals surface area contributed by atoms with Gasteiger partial charge in [0.1, 0.15) is 0 Å². The number of hydrogen-bond donors (Lipinski definition) is 0. The Labute approximate surface area is 123 Å². The van der Waals surface area contributed by atoms with Crippen molar-refractivity contribution in [1.29, 1.82) is 0 Å². The molecule has 0 nitrogen and oxygen atoms in total. The van der Waals surface area contributed by atoms with Gasteiger partial charge >= 0.3 is 0 Å². The van der Waals surface area contributed by atoms with Crippen LogP contribution in [0.15, 0.2) is 12.2 Å². The molecule has 0 radical (unpaired) electrons. The number of unbranched alkanes of at least 4 members (excludes halogenated alkanes) is 8. The van der Waals surface area contributed by atoms with Gasteiger partial charge in [-0.3, -0.25) is 0 Å². The van der Waals surface area contributed by atoms with Crippen LogP contribution in [0, 0.1) is 5.92 Å². The minimum atomic E-state index is 0.915. The highest BCUT2D eigenvalue weighted by Crippen LogP contribution is 2.13. The molecular formula is C19H38. The van der Waals surface area contributed by atoms with E-state index in [0.717, 1.165) is 5.92 Å². The summed E-state index contributed by atoms with van der Waals surface area (Å²) in [5.41, 5.74) is 0. The van der Waals surface area contributed by atoms with Crippen LogP contribution in [-0.2, 0) is 0 Å². The van der Waals surface area contributed by atoms with Crippen molar-refractivity contribution in [2.24, 2.45) is 5.92 Å². The molecule has 0 N–H and O–H groups in total. The quantitative estimate of drug-likeness (QED) is 0.229. The fourth-order valence-electron chi connectivity index (χ4n) is 2.65. The van der Waals surface area contributed by atoms with Crippen LogP contribution in [0.3, 0.4) is 0 Å². The van der Waals surface area contributed by atoms with Crippen molar-refractivity contribution in [3.8, 4) is 0 Å². The molecule has 0 aromatic carbocycles. The first-order chi connectivity index (χ1) is 9.31. The third-order valence-electron chi connectivity index (χ3n) is 4.00. The monoisotopic (exact) mass is 266 g/mol. The standard InChI is InChI=1S/C19H38/c1-4-6-7-8-9-10-11-12-13-14-15-16-18-19(3)17-5-2/h14-15,19H,4-13,16-18H2,1-3H3/b15-14+. The van der Waals surface area contributed by atoms with Gasteiger partial charge in [-0.2, -0.15) is 0 Å². The van der Waals surface area contributed by atoms with Gasteiger partial charge in [-0.05, 0) is 31.6 Å². The lowest BCUT2D eigenvalue weighted by atomic mass is 10.00. The topological polar surface area (TPSA) is 0 Å². The van der Waals surface area contributed by atoms with Gasteiger partial charge in [-0.25, -0.2) is 0 Å². The fourth-order valence-corrected chi connectivity index (χ4v) is 2.65. The van der Waals surface area contributed by atoms with Gasteiger partial charge in [0, 0.05) is 0 Å². The molecule has 0 bridgehead atoms. The zero-order valence-electron chi connectivity index (χ0n) is 13.9. The molecule has 0 aliphatic rings. The maximum absolute atomic E-state index is 2.41. The van der Waals surface area contributed by atoms with Crippen molar-refractivity contribution in [1.82, 2.24) is 0 Å². The van der Waals surface area contributed by atoms with Crippen LogP contribution in [0.4, 0.5) is 0 Å². The summed E-state index contributed by atoms with van der Waals surface area (Å²) in [6.07, 6.45) is 23.0. The first-order valence-electron chi connectivity index (χ1n) is 8.96. The fraction of sp³-hybridized carbons (Fsp3) is 0.895. The van der Waals surface area contributed by atoms with Crippen LogP contribution in [-0.4, -0.2) is 0 Å². The maximum atomic E-state index is 2.41. The Morgan fingerprint density at radius 3 is 1.84 bits per heavy atom. The van der Waals surface area contributed by atoms with Crippen LogP contribution in [0.25, 0.3) is 0 Å². The smallest absolute Gasteiger partial charge is 0.0348 e.